The van der Waals surface area contributed by atoms with Gasteiger partial charge in [0.2, 0.25) is 0 Å². The number of fused-ring (bicyclic) bond motifs is 6. The Hall–Kier alpha value is -5.96. The molecule has 1 nitrogen and oxygen atoms in total. The third kappa shape index (κ3) is 5.90. The maximum atomic E-state index is 2.44. The van der Waals surface area contributed by atoms with Crippen LogP contribution in [0.2, 0.25) is 0 Å². The van der Waals surface area contributed by atoms with Crippen LogP contribution >= 0.6 is 11.3 Å². The van der Waals surface area contributed by atoms with E-state index in [1.54, 1.807) is 5.57 Å². The number of aromatic nitrogens is 1. The SMILES string of the molecule is C1=CCCC(C(CCc2cccc(-c3cccc(-c4ccc5c(c4)c4ccccc4n5-c4ccc5sc6ccccc6c5c4)c3)c2)c2ccccc2)=C1. The van der Waals surface area contributed by atoms with Crippen LogP contribution in [0.15, 0.2) is 188 Å². The van der Waals surface area contributed by atoms with Crippen molar-refractivity contribution in [3.8, 4) is 27.9 Å². The molecule has 254 valence electrons. The van der Waals surface area contributed by atoms with Gasteiger partial charge in [0.25, 0.3) is 0 Å². The van der Waals surface area contributed by atoms with Crippen LogP contribution < -0.4 is 0 Å². The van der Waals surface area contributed by atoms with Crippen molar-refractivity contribution in [1.29, 1.82) is 0 Å². The monoisotopic (exact) mass is 697 g/mol. The quantitative estimate of drug-likeness (QED) is 0.149. The average molecular weight is 698 g/mol. The predicted molar refractivity (Wildman–Crippen MR) is 229 cm³/mol. The number of aryl methyl sites for hydroxylation is 1. The Bertz CT molecular complexity index is 2850. The van der Waals surface area contributed by atoms with Crippen LogP contribution in [0, 0.1) is 0 Å². The summed E-state index contributed by atoms with van der Waals surface area (Å²) in [6.45, 7) is 0. The highest BCUT2D eigenvalue weighted by atomic mass is 32.1. The van der Waals surface area contributed by atoms with Crippen LogP contribution in [0.1, 0.15) is 36.3 Å². The zero-order valence-electron chi connectivity index (χ0n) is 29.6. The van der Waals surface area contributed by atoms with Gasteiger partial charge < -0.3 is 4.57 Å². The van der Waals surface area contributed by atoms with Gasteiger partial charge in [-0.05, 0) is 108 Å². The van der Waals surface area contributed by atoms with Gasteiger partial charge in [0.1, 0.15) is 0 Å². The standard InChI is InChI=1S/C51H39NS/c1-3-14-36(15-4-1)43(37-16-5-2-6-17-37)28-25-35-13-11-18-38(31-35)39-19-12-20-40(32-39)41-26-29-49-46(33-41)44-21-7-9-23-48(44)52(49)42-27-30-51-47(34-42)45-22-8-10-24-50(45)53-51/h1-5,7-16,18-24,26-27,29-34,43H,6,17,25,28H2. The average Bonchev–Trinajstić information content (AvgIpc) is 3.77. The molecule has 0 saturated carbocycles. The van der Waals surface area contributed by atoms with Crippen LogP contribution in [0.25, 0.3) is 69.9 Å². The fourth-order valence-corrected chi connectivity index (χ4v) is 9.63. The molecule has 0 fully saturated rings. The van der Waals surface area contributed by atoms with E-state index < -0.39 is 0 Å². The molecule has 7 aromatic carbocycles. The Kier molecular flexibility index (Phi) is 8.11. The molecule has 0 spiro atoms. The maximum Gasteiger partial charge on any atom is 0.0541 e. The molecule has 1 aliphatic carbocycles. The molecule has 0 saturated heterocycles. The summed E-state index contributed by atoms with van der Waals surface area (Å²) in [5.74, 6) is 0.451. The molecule has 1 atom stereocenters. The molecule has 1 unspecified atom stereocenters. The first-order valence-electron chi connectivity index (χ1n) is 18.8. The minimum absolute atomic E-state index is 0.451. The highest BCUT2D eigenvalue weighted by molar-refractivity contribution is 7.25. The highest BCUT2D eigenvalue weighted by Crippen LogP contribution is 2.40. The largest absolute Gasteiger partial charge is 0.309 e. The normalized spacial score (nSPS) is 13.6. The Balaban J connectivity index is 0.978. The van der Waals surface area contributed by atoms with Gasteiger partial charge >= 0.3 is 0 Å². The first-order chi connectivity index (χ1) is 26.3. The molecule has 0 radical (unpaired) electrons. The van der Waals surface area contributed by atoms with Crippen molar-refractivity contribution >= 4 is 53.3 Å². The lowest BCUT2D eigenvalue weighted by Gasteiger charge is -2.22. The minimum atomic E-state index is 0.451. The number of allylic oxidation sites excluding steroid dienone is 4. The number of rotatable bonds is 8. The molecule has 2 heterocycles. The second-order valence-corrected chi connectivity index (χ2v) is 15.4. The molecule has 10 rings (SSSR count). The van der Waals surface area contributed by atoms with Crippen molar-refractivity contribution in [2.45, 2.75) is 31.6 Å². The number of thiophene rings is 1. The van der Waals surface area contributed by atoms with Gasteiger partial charge in [-0.1, -0.05) is 139 Å². The fraction of sp³-hybridized carbons (Fsp3) is 0.0980. The lowest BCUT2D eigenvalue weighted by molar-refractivity contribution is 0.669. The number of hydrogen-bond donors (Lipinski definition) is 0. The van der Waals surface area contributed by atoms with Gasteiger partial charge in [0, 0.05) is 42.6 Å². The Morgan fingerprint density at radius 2 is 1.25 bits per heavy atom. The smallest absolute Gasteiger partial charge is 0.0541 e. The lowest BCUT2D eigenvalue weighted by atomic mass is 9.82. The zero-order valence-corrected chi connectivity index (χ0v) is 30.4. The number of benzene rings is 7. The topological polar surface area (TPSA) is 4.93 Å². The van der Waals surface area contributed by atoms with Crippen molar-refractivity contribution in [3.63, 3.8) is 0 Å². The van der Waals surface area contributed by atoms with Crippen molar-refractivity contribution in [3.05, 3.63) is 199 Å². The van der Waals surface area contributed by atoms with Crippen molar-refractivity contribution in [2.24, 2.45) is 0 Å². The first kappa shape index (κ1) is 31.7. The number of hydrogen-bond acceptors (Lipinski definition) is 1. The summed E-state index contributed by atoms with van der Waals surface area (Å²) in [6, 6.07) is 60.9. The molecular formula is C51H39NS. The van der Waals surface area contributed by atoms with E-state index in [1.165, 1.54) is 81.0 Å². The number of nitrogens with zero attached hydrogens (tertiary/aromatic N) is 1. The minimum Gasteiger partial charge on any atom is -0.309 e. The van der Waals surface area contributed by atoms with Crippen LogP contribution in [0.3, 0.4) is 0 Å². The van der Waals surface area contributed by atoms with Crippen molar-refractivity contribution in [1.82, 2.24) is 4.57 Å². The van der Waals surface area contributed by atoms with E-state index in [-0.39, 0.29) is 0 Å². The van der Waals surface area contributed by atoms with Crippen LogP contribution in [0.4, 0.5) is 0 Å². The van der Waals surface area contributed by atoms with Crippen LogP contribution in [-0.2, 0) is 6.42 Å². The maximum absolute atomic E-state index is 2.44. The highest BCUT2D eigenvalue weighted by Gasteiger charge is 2.18. The van der Waals surface area contributed by atoms with Crippen LogP contribution in [-0.4, -0.2) is 4.57 Å². The lowest BCUT2D eigenvalue weighted by Crippen LogP contribution is -2.06. The predicted octanol–water partition coefficient (Wildman–Crippen LogP) is 14.5. The van der Waals surface area contributed by atoms with Gasteiger partial charge in [-0.3, -0.25) is 0 Å². The van der Waals surface area contributed by atoms with E-state index in [4.69, 9.17) is 0 Å². The second-order valence-electron chi connectivity index (χ2n) is 14.4. The molecule has 0 N–H and O–H groups in total. The molecular weight excluding hydrogens is 659 g/mol. The summed E-state index contributed by atoms with van der Waals surface area (Å²) in [6.07, 6.45) is 11.3. The number of para-hydroxylation sites is 1. The Morgan fingerprint density at radius 3 is 2.09 bits per heavy atom. The van der Waals surface area contributed by atoms with E-state index in [2.05, 4.69) is 187 Å². The van der Waals surface area contributed by atoms with E-state index in [0.717, 1.165) is 25.7 Å². The molecule has 0 bridgehead atoms. The van der Waals surface area contributed by atoms with Gasteiger partial charge in [-0.15, -0.1) is 11.3 Å². The summed E-state index contributed by atoms with van der Waals surface area (Å²) in [5.41, 5.74) is 13.0. The molecule has 2 aromatic heterocycles. The summed E-state index contributed by atoms with van der Waals surface area (Å²) >= 11 is 1.87. The van der Waals surface area contributed by atoms with Crippen molar-refractivity contribution < 1.29 is 0 Å². The van der Waals surface area contributed by atoms with Gasteiger partial charge in [-0.2, -0.15) is 0 Å². The van der Waals surface area contributed by atoms with Gasteiger partial charge in [-0.25, -0.2) is 0 Å². The molecule has 0 amide bonds. The van der Waals surface area contributed by atoms with E-state index in [0.29, 0.717) is 5.92 Å². The van der Waals surface area contributed by atoms with Gasteiger partial charge in [0.05, 0.1) is 11.0 Å². The molecule has 0 aliphatic heterocycles. The molecule has 9 aromatic rings. The Morgan fingerprint density at radius 1 is 0.528 bits per heavy atom. The molecule has 1 aliphatic rings. The summed E-state index contributed by atoms with van der Waals surface area (Å²) < 4.78 is 5.10. The zero-order chi connectivity index (χ0) is 35.1. The molecule has 53 heavy (non-hydrogen) atoms. The molecule has 2 heteroatoms. The van der Waals surface area contributed by atoms with Gasteiger partial charge in [0.15, 0.2) is 0 Å². The summed E-state index contributed by atoms with van der Waals surface area (Å²) in [5, 5.41) is 5.20. The third-order valence-electron chi connectivity index (χ3n) is 11.2. The first-order valence-corrected chi connectivity index (χ1v) is 19.6. The second kappa shape index (κ2) is 13.5. The van der Waals surface area contributed by atoms with E-state index >= 15 is 0 Å². The van der Waals surface area contributed by atoms with E-state index in [1.807, 2.05) is 11.3 Å². The summed E-state index contributed by atoms with van der Waals surface area (Å²) in [7, 11) is 0. The summed E-state index contributed by atoms with van der Waals surface area (Å²) in [4.78, 5) is 0. The Labute approximate surface area is 314 Å². The van der Waals surface area contributed by atoms with E-state index in [9.17, 15) is 0 Å². The van der Waals surface area contributed by atoms with Crippen molar-refractivity contribution in [2.75, 3.05) is 0 Å². The fourth-order valence-electron chi connectivity index (χ4n) is 8.54. The third-order valence-corrected chi connectivity index (χ3v) is 12.3. The van der Waals surface area contributed by atoms with Crippen LogP contribution in [0.5, 0.6) is 0 Å².